The van der Waals surface area contributed by atoms with Gasteiger partial charge in [-0.15, -0.1) is 0 Å². The minimum Gasteiger partial charge on any atom is -0.223 e. The number of allylic oxidation sites excluding steroid dienone is 5. The van der Waals surface area contributed by atoms with Gasteiger partial charge in [0.15, 0.2) is 9.84 Å². The van der Waals surface area contributed by atoms with E-state index < -0.39 is 9.84 Å². The molecule has 0 amide bonds. The van der Waals surface area contributed by atoms with Gasteiger partial charge in [-0.1, -0.05) is 60.9 Å². The van der Waals surface area contributed by atoms with E-state index in [2.05, 4.69) is 32.9 Å². The van der Waals surface area contributed by atoms with E-state index in [-0.39, 0.29) is 11.2 Å². The first-order chi connectivity index (χ1) is 11.6. The summed E-state index contributed by atoms with van der Waals surface area (Å²) >= 11 is 0. The number of aryl methyl sites for hydroxylation is 1. The Kier molecular flexibility index (Phi) is 6.10. The SMILES string of the molecule is CC1=C(/C=C/C(C)=C\CS(=O)(=O)c2ccc(C)cc2)C(C)(C)CCC1. The van der Waals surface area contributed by atoms with Crippen LogP contribution >= 0.6 is 0 Å². The molecule has 0 saturated heterocycles. The summed E-state index contributed by atoms with van der Waals surface area (Å²) in [5.41, 5.74) is 5.10. The summed E-state index contributed by atoms with van der Waals surface area (Å²) in [6, 6.07) is 7.04. The highest BCUT2D eigenvalue weighted by Gasteiger charge is 2.26. The van der Waals surface area contributed by atoms with E-state index in [1.165, 1.54) is 24.0 Å². The molecule has 1 aromatic carbocycles. The van der Waals surface area contributed by atoms with Gasteiger partial charge < -0.3 is 0 Å². The summed E-state index contributed by atoms with van der Waals surface area (Å²) in [5.74, 6) is 0.0354. The maximum absolute atomic E-state index is 12.4. The lowest BCUT2D eigenvalue weighted by molar-refractivity contribution is 0.377. The topological polar surface area (TPSA) is 34.1 Å². The van der Waals surface area contributed by atoms with Gasteiger partial charge in [0.1, 0.15) is 0 Å². The highest BCUT2D eigenvalue weighted by molar-refractivity contribution is 7.91. The molecule has 1 aliphatic carbocycles. The molecule has 0 radical (unpaired) electrons. The molecule has 2 rings (SSSR count). The highest BCUT2D eigenvalue weighted by Crippen LogP contribution is 2.40. The van der Waals surface area contributed by atoms with Crippen LogP contribution in [-0.4, -0.2) is 14.2 Å². The Morgan fingerprint density at radius 3 is 2.40 bits per heavy atom. The van der Waals surface area contributed by atoms with Gasteiger partial charge in [-0.2, -0.15) is 0 Å². The van der Waals surface area contributed by atoms with Gasteiger partial charge in [0, 0.05) is 0 Å². The van der Waals surface area contributed by atoms with E-state index in [1.807, 2.05) is 26.0 Å². The molecule has 0 unspecified atom stereocenters. The van der Waals surface area contributed by atoms with Crippen molar-refractivity contribution in [1.29, 1.82) is 0 Å². The van der Waals surface area contributed by atoms with Gasteiger partial charge in [-0.3, -0.25) is 0 Å². The predicted molar refractivity (Wildman–Crippen MR) is 106 cm³/mol. The standard InChI is InChI=1S/C22H30O2S/c1-17-8-11-20(12-9-17)25(23,24)16-14-18(2)10-13-21-19(3)7-6-15-22(21,4)5/h8-14H,6-7,15-16H2,1-5H3/b13-10+,18-14-. The Bertz CT molecular complexity index is 804. The van der Waals surface area contributed by atoms with Crippen molar-refractivity contribution < 1.29 is 8.42 Å². The van der Waals surface area contributed by atoms with Gasteiger partial charge >= 0.3 is 0 Å². The molecule has 0 fully saturated rings. The average molecular weight is 359 g/mol. The van der Waals surface area contributed by atoms with Gasteiger partial charge in [0.25, 0.3) is 0 Å². The van der Waals surface area contributed by atoms with Gasteiger partial charge in [-0.05, 0) is 63.2 Å². The third kappa shape index (κ3) is 5.18. The Morgan fingerprint density at radius 2 is 1.80 bits per heavy atom. The van der Waals surface area contributed by atoms with Gasteiger partial charge in [0.2, 0.25) is 0 Å². The average Bonchev–Trinajstić information content (AvgIpc) is 2.52. The number of hydrogen-bond donors (Lipinski definition) is 0. The smallest absolute Gasteiger partial charge is 0.181 e. The van der Waals surface area contributed by atoms with Crippen LogP contribution < -0.4 is 0 Å². The van der Waals surface area contributed by atoms with E-state index >= 15 is 0 Å². The van der Waals surface area contributed by atoms with Crippen LogP contribution in [0.2, 0.25) is 0 Å². The normalized spacial score (nSPS) is 18.8. The van der Waals surface area contributed by atoms with Crippen molar-refractivity contribution in [2.24, 2.45) is 5.41 Å². The Balaban J connectivity index is 2.12. The molecule has 0 N–H and O–H groups in total. The van der Waals surface area contributed by atoms with Crippen molar-refractivity contribution in [3.05, 3.63) is 64.8 Å². The van der Waals surface area contributed by atoms with Crippen LogP contribution in [0.15, 0.2) is 64.1 Å². The minimum atomic E-state index is -3.27. The molecular weight excluding hydrogens is 328 g/mol. The van der Waals surface area contributed by atoms with Crippen molar-refractivity contribution in [2.75, 3.05) is 5.75 Å². The number of sulfone groups is 1. The molecule has 0 saturated carbocycles. The first-order valence-corrected chi connectivity index (χ1v) is 10.6. The minimum absolute atomic E-state index is 0.0354. The summed E-state index contributed by atoms with van der Waals surface area (Å²) in [5, 5.41) is 0. The quantitative estimate of drug-likeness (QED) is 0.624. The first kappa shape index (κ1) is 19.7. The first-order valence-electron chi connectivity index (χ1n) is 8.96. The molecule has 136 valence electrons. The van der Waals surface area contributed by atoms with Crippen molar-refractivity contribution in [3.63, 3.8) is 0 Å². The fourth-order valence-electron chi connectivity index (χ4n) is 3.38. The number of hydrogen-bond acceptors (Lipinski definition) is 2. The van der Waals surface area contributed by atoms with Crippen LogP contribution in [0.25, 0.3) is 0 Å². The van der Waals surface area contributed by atoms with Crippen molar-refractivity contribution in [1.82, 2.24) is 0 Å². The second-order valence-electron chi connectivity index (χ2n) is 7.81. The van der Waals surface area contributed by atoms with E-state index in [9.17, 15) is 8.42 Å². The summed E-state index contributed by atoms with van der Waals surface area (Å²) in [4.78, 5) is 0.387. The molecule has 2 nitrogen and oxygen atoms in total. The lowest BCUT2D eigenvalue weighted by Gasteiger charge is -2.32. The van der Waals surface area contributed by atoms with E-state index in [1.54, 1.807) is 18.2 Å². The second kappa shape index (κ2) is 7.74. The van der Waals surface area contributed by atoms with E-state index in [0.29, 0.717) is 4.90 Å². The Labute approximate surface area is 153 Å². The van der Waals surface area contributed by atoms with Crippen molar-refractivity contribution >= 4 is 9.84 Å². The van der Waals surface area contributed by atoms with E-state index in [0.717, 1.165) is 17.6 Å². The molecule has 25 heavy (non-hydrogen) atoms. The van der Waals surface area contributed by atoms with Crippen LogP contribution in [0.5, 0.6) is 0 Å². The van der Waals surface area contributed by atoms with Crippen molar-refractivity contribution in [2.45, 2.75) is 58.8 Å². The Hall–Kier alpha value is -1.61. The fraction of sp³-hybridized carbons (Fsp3) is 0.455. The molecule has 3 heteroatoms. The predicted octanol–water partition coefficient (Wildman–Crippen LogP) is 5.80. The third-order valence-corrected chi connectivity index (χ3v) is 6.66. The molecule has 0 atom stereocenters. The molecule has 0 bridgehead atoms. The monoisotopic (exact) mass is 358 g/mol. The zero-order valence-electron chi connectivity index (χ0n) is 16.1. The third-order valence-electron chi connectivity index (χ3n) is 5.06. The lowest BCUT2D eigenvalue weighted by atomic mass is 9.72. The van der Waals surface area contributed by atoms with Crippen LogP contribution in [0.3, 0.4) is 0 Å². The summed E-state index contributed by atoms with van der Waals surface area (Å²) in [7, 11) is -3.27. The molecular formula is C22H30O2S. The summed E-state index contributed by atoms with van der Waals surface area (Å²) < 4.78 is 24.9. The second-order valence-corrected chi connectivity index (χ2v) is 9.84. The molecule has 1 aliphatic rings. The summed E-state index contributed by atoms with van der Waals surface area (Å²) in [6.07, 6.45) is 9.65. The fourth-order valence-corrected chi connectivity index (χ4v) is 4.60. The molecule has 0 aromatic heterocycles. The van der Waals surface area contributed by atoms with E-state index in [4.69, 9.17) is 0 Å². The number of benzene rings is 1. The van der Waals surface area contributed by atoms with Crippen LogP contribution in [0.4, 0.5) is 0 Å². The molecule has 1 aromatic rings. The maximum atomic E-state index is 12.4. The zero-order valence-corrected chi connectivity index (χ0v) is 16.9. The van der Waals surface area contributed by atoms with Gasteiger partial charge in [-0.25, -0.2) is 8.42 Å². The lowest BCUT2D eigenvalue weighted by Crippen LogP contribution is -2.19. The van der Waals surface area contributed by atoms with Crippen LogP contribution in [-0.2, 0) is 9.84 Å². The molecule has 0 heterocycles. The zero-order chi connectivity index (χ0) is 18.7. The maximum Gasteiger partial charge on any atom is 0.181 e. The van der Waals surface area contributed by atoms with Crippen molar-refractivity contribution in [3.8, 4) is 0 Å². The summed E-state index contributed by atoms with van der Waals surface area (Å²) in [6.45, 7) is 10.7. The van der Waals surface area contributed by atoms with Gasteiger partial charge in [0.05, 0.1) is 10.6 Å². The molecule has 0 spiro atoms. The number of rotatable bonds is 5. The largest absolute Gasteiger partial charge is 0.223 e. The molecule has 0 aliphatic heterocycles. The Morgan fingerprint density at radius 1 is 1.16 bits per heavy atom. The highest BCUT2D eigenvalue weighted by atomic mass is 32.2. The van der Waals surface area contributed by atoms with Crippen LogP contribution in [0.1, 0.15) is 52.5 Å². The van der Waals surface area contributed by atoms with Crippen LogP contribution in [0, 0.1) is 12.3 Å².